The highest BCUT2D eigenvalue weighted by molar-refractivity contribution is 6.34. The number of halogens is 4. The maximum Gasteiger partial charge on any atom is 0.433 e. The number of alkyl halides is 3. The molecule has 33 heavy (non-hydrogen) atoms. The van der Waals surface area contributed by atoms with Crippen molar-refractivity contribution in [3.8, 4) is 5.88 Å². The number of rotatable bonds is 5. The van der Waals surface area contributed by atoms with Gasteiger partial charge in [-0.2, -0.15) is 13.2 Å². The van der Waals surface area contributed by atoms with Gasteiger partial charge in [0.05, 0.1) is 35.1 Å². The number of nitrogens with one attached hydrogen (secondary N) is 2. The van der Waals surface area contributed by atoms with Crippen LogP contribution in [0.5, 0.6) is 5.88 Å². The van der Waals surface area contributed by atoms with Crippen LogP contribution in [0, 0.1) is 0 Å². The molecule has 2 heterocycles. The molecule has 1 amide bonds. The lowest BCUT2D eigenvalue weighted by Crippen LogP contribution is -2.13. The third kappa shape index (κ3) is 4.98. The lowest BCUT2D eigenvalue weighted by atomic mass is 10.1. The second kappa shape index (κ2) is 8.95. The molecule has 168 valence electrons. The third-order valence-electron chi connectivity index (χ3n) is 4.69. The molecule has 0 saturated heterocycles. The Kier molecular flexibility index (Phi) is 6.06. The number of carbonyl (C=O) groups excluding carboxylic acids is 1. The topological polar surface area (TPSA) is 76.1 Å². The summed E-state index contributed by atoms with van der Waals surface area (Å²) in [5.74, 6) is -0.267. The van der Waals surface area contributed by atoms with Gasteiger partial charge in [-0.3, -0.25) is 4.79 Å². The number of carbonyl (C=O) groups is 1. The number of hydrogen-bond donors (Lipinski definition) is 2. The number of pyridine rings is 2. The maximum atomic E-state index is 13.3. The molecule has 0 aliphatic carbocycles. The summed E-state index contributed by atoms with van der Waals surface area (Å²) < 4.78 is 45.0. The minimum atomic E-state index is -4.60. The highest BCUT2D eigenvalue weighted by Gasteiger charge is 2.33. The molecule has 4 aromatic rings. The summed E-state index contributed by atoms with van der Waals surface area (Å²) in [4.78, 5) is 20.3. The van der Waals surface area contributed by atoms with Crippen molar-refractivity contribution in [3.05, 3.63) is 83.1 Å². The molecule has 0 fully saturated rings. The van der Waals surface area contributed by atoms with E-state index >= 15 is 0 Å². The van der Waals surface area contributed by atoms with E-state index in [1.807, 2.05) is 0 Å². The van der Waals surface area contributed by atoms with Crippen LogP contribution in [0.4, 0.5) is 30.2 Å². The summed E-state index contributed by atoms with van der Waals surface area (Å²) in [7, 11) is 1.42. The minimum absolute atomic E-state index is 0.144. The van der Waals surface area contributed by atoms with Gasteiger partial charge in [0.25, 0.3) is 5.91 Å². The van der Waals surface area contributed by atoms with Crippen molar-refractivity contribution in [2.24, 2.45) is 0 Å². The second-order valence-electron chi connectivity index (χ2n) is 6.94. The number of benzene rings is 2. The Bertz CT molecular complexity index is 1350. The van der Waals surface area contributed by atoms with Gasteiger partial charge in [-0.15, -0.1) is 0 Å². The minimum Gasteiger partial charge on any atom is -0.481 e. The van der Waals surface area contributed by atoms with Gasteiger partial charge in [-0.1, -0.05) is 35.9 Å². The molecule has 0 aliphatic rings. The molecule has 0 radical (unpaired) electrons. The summed E-state index contributed by atoms with van der Waals surface area (Å²) in [5, 5.41) is 6.37. The molecule has 2 N–H and O–H groups in total. The van der Waals surface area contributed by atoms with Gasteiger partial charge in [0, 0.05) is 22.8 Å². The first-order valence-electron chi connectivity index (χ1n) is 9.59. The van der Waals surface area contributed by atoms with Gasteiger partial charge in [0.2, 0.25) is 5.88 Å². The molecule has 0 atom stereocenters. The normalized spacial score (nSPS) is 11.3. The molecular formula is C23H16ClF3N4O2. The monoisotopic (exact) mass is 472 g/mol. The molecule has 0 bridgehead atoms. The zero-order chi connectivity index (χ0) is 23.6. The number of fused-ring (bicyclic) bond motifs is 1. The van der Waals surface area contributed by atoms with E-state index in [1.54, 1.807) is 42.5 Å². The van der Waals surface area contributed by atoms with Crippen LogP contribution in [0.3, 0.4) is 0 Å². The Morgan fingerprint density at radius 3 is 2.55 bits per heavy atom. The summed E-state index contributed by atoms with van der Waals surface area (Å²) in [5.41, 5.74) is 0.479. The number of ether oxygens (including phenoxy) is 1. The summed E-state index contributed by atoms with van der Waals surface area (Å²) in [6.07, 6.45) is -3.29. The molecule has 0 aliphatic heterocycles. The number of nitrogens with zero attached hydrogens (tertiary/aromatic N) is 2. The van der Waals surface area contributed by atoms with Crippen LogP contribution in [-0.2, 0) is 6.18 Å². The number of aromatic nitrogens is 2. The molecule has 2 aromatic carbocycles. The van der Waals surface area contributed by atoms with E-state index in [2.05, 4.69) is 20.6 Å². The average molecular weight is 473 g/mol. The number of hydrogen-bond acceptors (Lipinski definition) is 5. The van der Waals surface area contributed by atoms with Crippen LogP contribution < -0.4 is 15.4 Å². The molecule has 0 unspecified atom stereocenters. The SMILES string of the molecule is COc1cc(C(=O)Nc2cccc(Nc3cc(C(F)(F)F)nc4ccccc34)c2)c(Cl)cn1. The zero-order valence-corrected chi connectivity index (χ0v) is 17.8. The highest BCUT2D eigenvalue weighted by atomic mass is 35.5. The van der Waals surface area contributed by atoms with Gasteiger partial charge in [0.1, 0.15) is 5.69 Å². The van der Waals surface area contributed by atoms with Gasteiger partial charge < -0.3 is 15.4 Å². The Balaban J connectivity index is 1.63. The fourth-order valence-corrected chi connectivity index (χ4v) is 3.35. The fourth-order valence-electron chi connectivity index (χ4n) is 3.16. The predicted octanol–water partition coefficient (Wildman–Crippen LogP) is 6.31. The van der Waals surface area contributed by atoms with E-state index in [9.17, 15) is 18.0 Å². The van der Waals surface area contributed by atoms with Gasteiger partial charge in [-0.05, 0) is 30.3 Å². The molecule has 6 nitrogen and oxygen atoms in total. The van der Waals surface area contributed by atoms with Crippen molar-refractivity contribution in [2.75, 3.05) is 17.7 Å². The first kappa shape index (κ1) is 22.3. The maximum absolute atomic E-state index is 13.3. The van der Waals surface area contributed by atoms with Crippen LogP contribution in [0.25, 0.3) is 10.9 Å². The number of amides is 1. The molecule has 2 aromatic heterocycles. The number of para-hydroxylation sites is 1. The van der Waals surface area contributed by atoms with Crippen molar-refractivity contribution in [3.63, 3.8) is 0 Å². The average Bonchev–Trinajstić information content (AvgIpc) is 2.79. The first-order valence-corrected chi connectivity index (χ1v) is 9.97. The van der Waals surface area contributed by atoms with Gasteiger partial charge >= 0.3 is 6.18 Å². The smallest absolute Gasteiger partial charge is 0.433 e. The second-order valence-corrected chi connectivity index (χ2v) is 7.34. The lowest BCUT2D eigenvalue weighted by Gasteiger charge is -2.14. The number of anilines is 3. The Labute approximate surface area is 191 Å². The summed E-state index contributed by atoms with van der Waals surface area (Å²) >= 11 is 6.07. The van der Waals surface area contributed by atoms with Crippen molar-refractivity contribution >= 4 is 45.5 Å². The van der Waals surface area contributed by atoms with E-state index in [-0.39, 0.29) is 27.7 Å². The fraction of sp³-hybridized carbons (Fsp3) is 0.0870. The van der Waals surface area contributed by atoms with Gasteiger partial charge in [0.15, 0.2) is 0 Å². The van der Waals surface area contributed by atoms with Crippen molar-refractivity contribution < 1.29 is 22.7 Å². The summed E-state index contributed by atoms with van der Waals surface area (Å²) in [6.45, 7) is 0. The van der Waals surface area contributed by atoms with Crippen LogP contribution in [0.15, 0.2) is 66.9 Å². The zero-order valence-electron chi connectivity index (χ0n) is 17.1. The number of methoxy groups -OCH3 is 1. The molecular weight excluding hydrogens is 457 g/mol. The lowest BCUT2D eigenvalue weighted by molar-refractivity contribution is -0.140. The summed E-state index contributed by atoms with van der Waals surface area (Å²) in [6, 6.07) is 15.4. The van der Waals surface area contributed by atoms with Crippen molar-refractivity contribution in [1.82, 2.24) is 9.97 Å². The van der Waals surface area contributed by atoms with E-state index in [0.717, 1.165) is 6.07 Å². The molecule has 0 saturated carbocycles. The van der Waals surface area contributed by atoms with Crippen molar-refractivity contribution in [1.29, 1.82) is 0 Å². The Morgan fingerprint density at radius 1 is 1.03 bits per heavy atom. The van der Waals surface area contributed by atoms with E-state index in [4.69, 9.17) is 16.3 Å². The molecule has 10 heteroatoms. The highest BCUT2D eigenvalue weighted by Crippen LogP contribution is 2.34. The van der Waals surface area contributed by atoms with Crippen molar-refractivity contribution in [2.45, 2.75) is 6.18 Å². The van der Waals surface area contributed by atoms with Gasteiger partial charge in [-0.25, -0.2) is 9.97 Å². The Hall–Kier alpha value is -3.85. The molecule has 0 spiro atoms. The quantitative estimate of drug-likeness (QED) is 0.356. The van der Waals surface area contributed by atoms with E-state index in [0.29, 0.717) is 16.8 Å². The standard InChI is InChI=1S/C23H16ClF3N4O2/c1-33-21-10-16(17(24)12-28-21)22(32)30-14-6-4-5-13(9-14)29-19-11-20(23(25,26)27)31-18-8-3-2-7-15(18)19/h2-12H,1H3,(H,29,31)(H,30,32). The predicted molar refractivity (Wildman–Crippen MR) is 120 cm³/mol. The van der Waals surface area contributed by atoms with Crippen LogP contribution in [-0.4, -0.2) is 23.0 Å². The van der Waals surface area contributed by atoms with Crippen LogP contribution in [0.1, 0.15) is 16.1 Å². The molecule has 4 rings (SSSR count). The third-order valence-corrected chi connectivity index (χ3v) is 4.99. The first-order chi connectivity index (χ1) is 15.7. The largest absolute Gasteiger partial charge is 0.481 e. The van der Waals surface area contributed by atoms with Crippen LogP contribution in [0.2, 0.25) is 5.02 Å². The van der Waals surface area contributed by atoms with E-state index in [1.165, 1.54) is 25.4 Å². The van der Waals surface area contributed by atoms with E-state index < -0.39 is 17.8 Å². The van der Waals surface area contributed by atoms with Crippen LogP contribution >= 0.6 is 11.6 Å². The Morgan fingerprint density at radius 2 is 1.79 bits per heavy atom.